The topological polar surface area (TPSA) is 124 Å². The Balaban J connectivity index is 1.56. The fourth-order valence-electron chi connectivity index (χ4n) is 3.19. The summed E-state index contributed by atoms with van der Waals surface area (Å²) in [7, 11) is 0. The zero-order valence-corrected chi connectivity index (χ0v) is 13.0. The summed E-state index contributed by atoms with van der Waals surface area (Å²) in [5.74, 6) is 0.511. The molecule has 3 rings (SSSR count). The van der Waals surface area contributed by atoms with Crippen LogP contribution < -0.4 is 10.6 Å². The van der Waals surface area contributed by atoms with Crippen molar-refractivity contribution in [3.05, 3.63) is 28.4 Å². The van der Waals surface area contributed by atoms with E-state index in [2.05, 4.69) is 21.7 Å². The third-order valence-corrected chi connectivity index (χ3v) is 4.42. The van der Waals surface area contributed by atoms with Gasteiger partial charge in [-0.3, -0.25) is 14.9 Å². The molecule has 2 N–H and O–H groups in total. The first-order valence-corrected chi connectivity index (χ1v) is 7.89. The predicted molar refractivity (Wildman–Crippen MR) is 85.1 cm³/mol. The zero-order valence-electron chi connectivity index (χ0n) is 13.0. The standard InChI is InChI=1S/C15H18N6O3/c16-7-11-2-1-5-20(11)15(22)13-6-10(8-17-13)19-14-4-3-12(9-18-14)21(23)24/h3-4,9-11,13,17H,1-2,5-6,8H2,(H,18,19)/t10-,11-,13-/m0/s1. The zero-order chi connectivity index (χ0) is 17.1. The lowest BCUT2D eigenvalue weighted by Crippen LogP contribution is -2.45. The van der Waals surface area contributed by atoms with E-state index < -0.39 is 4.92 Å². The molecule has 0 radical (unpaired) electrons. The van der Waals surface area contributed by atoms with Crippen LogP contribution >= 0.6 is 0 Å². The van der Waals surface area contributed by atoms with Gasteiger partial charge >= 0.3 is 0 Å². The fourth-order valence-corrected chi connectivity index (χ4v) is 3.19. The van der Waals surface area contributed by atoms with E-state index in [-0.39, 0.29) is 29.7 Å². The number of carbonyl (C=O) groups excluding carboxylic acids is 1. The minimum absolute atomic E-state index is 0.0102. The van der Waals surface area contributed by atoms with E-state index in [0.29, 0.717) is 25.3 Å². The van der Waals surface area contributed by atoms with Crippen LogP contribution in [0.4, 0.5) is 11.5 Å². The van der Waals surface area contributed by atoms with E-state index in [9.17, 15) is 14.9 Å². The second-order valence-electron chi connectivity index (χ2n) is 6.02. The Morgan fingerprint density at radius 3 is 3.04 bits per heavy atom. The molecule has 9 nitrogen and oxygen atoms in total. The molecule has 1 aromatic rings. The number of nitrogens with zero attached hydrogens (tertiary/aromatic N) is 4. The Morgan fingerprint density at radius 1 is 1.54 bits per heavy atom. The van der Waals surface area contributed by atoms with Gasteiger partial charge in [0, 0.05) is 25.2 Å². The molecular weight excluding hydrogens is 312 g/mol. The molecule has 2 aliphatic rings. The third kappa shape index (κ3) is 3.28. The molecule has 9 heteroatoms. The van der Waals surface area contributed by atoms with Gasteiger partial charge < -0.3 is 15.5 Å². The maximum atomic E-state index is 12.5. The van der Waals surface area contributed by atoms with Crippen LogP contribution in [0, 0.1) is 21.4 Å². The highest BCUT2D eigenvalue weighted by atomic mass is 16.6. The molecule has 1 aromatic heterocycles. The fraction of sp³-hybridized carbons (Fsp3) is 0.533. The highest BCUT2D eigenvalue weighted by Crippen LogP contribution is 2.21. The number of nitriles is 1. The minimum atomic E-state index is -0.496. The van der Waals surface area contributed by atoms with E-state index in [1.54, 1.807) is 11.0 Å². The molecule has 1 amide bonds. The molecule has 0 spiro atoms. The average Bonchev–Trinajstić information content (AvgIpc) is 3.23. The normalized spacial score (nSPS) is 26.1. The molecule has 2 aliphatic heterocycles. The van der Waals surface area contributed by atoms with Crippen molar-refractivity contribution in [3.8, 4) is 6.07 Å². The van der Waals surface area contributed by atoms with Crippen LogP contribution in [0.15, 0.2) is 18.3 Å². The van der Waals surface area contributed by atoms with E-state index in [1.807, 2.05) is 0 Å². The van der Waals surface area contributed by atoms with Gasteiger partial charge in [-0.2, -0.15) is 5.26 Å². The number of carbonyl (C=O) groups is 1. The quantitative estimate of drug-likeness (QED) is 0.613. The summed E-state index contributed by atoms with van der Waals surface area (Å²) in [5, 5.41) is 26.1. The van der Waals surface area contributed by atoms with Crippen LogP contribution in [0.1, 0.15) is 19.3 Å². The maximum absolute atomic E-state index is 12.5. The number of likely N-dealkylation sites (tertiary alicyclic amines) is 1. The van der Waals surface area contributed by atoms with Crippen molar-refractivity contribution in [3.63, 3.8) is 0 Å². The van der Waals surface area contributed by atoms with Crippen molar-refractivity contribution >= 4 is 17.4 Å². The molecule has 2 saturated heterocycles. The van der Waals surface area contributed by atoms with Gasteiger partial charge in [0.1, 0.15) is 18.1 Å². The van der Waals surface area contributed by atoms with E-state index in [1.165, 1.54) is 12.3 Å². The Hall–Kier alpha value is -2.73. The Morgan fingerprint density at radius 2 is 2.38 bits per heavy atom. The monoisotopic (exact) mass is 330 g/mol. The first kappa shape index (κ1) is 16.1. The molecule has 0 aromatic carbocycles. The molecule has 24 heavy (non-hydrogen) atoms. The van der Waals surface area contributed by atoms with Crippen LogP contribution in [-0.4, -0.2) is 51.9 Å². The average molecular weight is 330 g/mol. The summed E-state index contributed by atoms with van der Waals surface area (Å²) in [6.45, 7) is 1.23. The van der Waals surface area contributed by atoms with Crippen LogP contribution in [0.25, 0.3) is 0 Å². The largest absolute Gasteiger partial charge is 0.366 e. The Kier molecular flexibility index (Phi) is 4.57. The van der Waals surface area contributed by atoms with Crippen molar-refractivity contribution in [2.45, 2.75) is 37.4 Å². The lowest BCUT2D eigenvalue weighted by atomic mass is 10.1. The van der Waals surface area contributed by atoms with E-state index in [4.69, 9.17) is 5.26 Å². The number of hydrogen-bond acceptors (Lipinski definition) is 7. The van der Waals surface area contributed by atoms with Gasteiger partial charge in [-0.15, -0.1) is 0 Å². The second kappa shape index (κ2) is 6.80. The summed E-state index contributed by atoms with van der Waals surface area (Å²) in [4.78, 5) is 28.3. The summed E-state index contributed by atoms with van der Waals surface area (Å²) < 4.78 is 0. The van der Waals surface area contributed by atoms with Crippen molar-refractivity contribution in [1.29, 1.82) is 5.26 Å². The maximum Gasteiger partial charge on any atom is 0.287 e. The molecule has 2 fully saturated rings. The molecule has 126 valence electrons. The van der Waals surface area contributed by atoms with Crippen molar-refractivity contribution in [2.24, 2.45) is 0 Å². The van der Waals surface area contributed by atoms with Crippen molar-refractivity contribution in [2.75, 3.05) is 18.4 Å². The minimum Gasteiger partial charge on any atom is -0.366 e. The third-order valence-electron chi connectivity index (χ3n) is 4.42. The number of nitrogens with one attached hydrogen (secondary N) is 2. The van der Waals surface area contributed by atoms with Crippen LogP contribution in [-0.2, 0) is 4.79 Å². The first-order valence-electron chi connectivity index (χ1n) is 7.89. The SMILES string of the molecule is N#C[C@@H]1CCCN1C(=O)[C@@H]1C[C@H](Nc2ccc([N+](=O)[O-])cn2)CN1. The van der Waals surface area contributed by atoms with E-state index >= 15 is 0 Å². The number of rotatable bonds is 4. The summed E-state index contributed by atoms with van der Waals surface area (Å²) in [5.41, 5.74) is -0.0604. The lowest BCUT2D eigenvalue weighted by molar-refractivity contribution is -0.385. The number of hydrogen-bond donors (Lipinski definition) is 2. The Bertz CT molecular complexity index is 671. The highest BCUT2D eigenvalue weighted by Gasteiger charge is 2.37. The van der Waals surface area contributed by atoms with Gasteiger partial charge in [-0.1, -0.05) is 0 Å². The number of anilines is 1. The molecule has 0 saturated carbocycles. The summed E-state index contributed by atoms with van der Waals surface area (Å²) >= 11 is 0. The highest BCUT2D eigenvalue weighted by molar-refractivity contribution is 5.83. The van der Waals surface area contributed by atoms with Gasteiger partial charge in [0.25, 0.3) is 5.69 Å². The number of aromatic nitrogens is 1. The number of amides is 1. The second-order valence-corrected chi connectivity index (χ2v) is 6.02. The van der Waals surface area contributed by atoms with Gasteiger partial charge in [0.15, 0.2) is 0 Å². The Labute approximate surface area is 138 Å². The van der Waals surface area contributed by atoms with Gasteiger partial charge in [0.05, 0.1) is 17.0 Å². The van der Waals surface area contributed by atoms with Crippen molar-refractivity contribution < 1.29 is 9.72 Å². The molecule has 3 heterocycles. The van der Waals surface area contributed by atoms with Crippen molar-refractivity contribution in [1.82, 2.24) is 15.2 Å². The molecule has 0 unspecified atom stereocenters. The molecular formula is C15H18N6O3. The first-order chi connectivity index (χ1) is 11.6. The predicted octanol–water partition coefficient (Wildman–Crippen LogP) is 0.647. The van der Waals surface area contributed by atoms with Gasteiger partial charge in [-0.05, 0) is 25.3 Å². The smallest absolute Gasteiger partial charge is 0.287 e. The lowest BCUT2D eigenvalue weighted by Gasteiger charge is -2.23. The number of nitro groups is 1. The summed E-state index contributed by atoms with van der Waals surface area (Å²) in [6.07, 6.45) is 3.40. The molecule has 0 bridgehead atoms. The number of pyridine rings is 1. The van der Waals surface area contributed by atoms with Crippen LogP contribution in [0.3, 0.4) is 0 Å². The van der Waals surface area contributed by atoms with Crippen LogP contribution in [0.5, 0.6) is 0 Å². The molecule has 0 aliphatic carbocycles. The van der Waals surface area contributed by atoms with Crippen LogP contribution in [0.2, 0.25) is 0 Å². The van der Waals surface area contributed by atoms with Gasteiger partial charge in [0.2, 0.25) is 5.91 Å². The van der Waals surface area contributed by atoms with Gasteiger partial charge in [-0.25, -0.2) is 4.98 Å². The van der Waals surface area contributed by atoms with E-state index in [0.717, 1.165) is 12.8 Å². The molecule has 3 atom stereocenters. The summed E-state index contributed by atoms with van der Waals surface area (Å²) in [6, 6.07) is 4.51.